The summed E-state index contributed by atoms with van der Waals surface area (Å²) >= 11 is -1.25. The molecule has 0 aliphatic heterocycles. The van der Waals surface area contributed by atoms with Gasteiger partial charge >= 0.3 is 0 Å². The highest BCUT2D eigenvalue weighted by atomic mass is 32.2. The van der Waals surface area contributed by atoms with Gasteiger partial charge in [-0.05, 0) is 33.8 Å². The van der Waals surface area contributed by atoms with Gasteiger partial charge in [-0.2, -0.15) is 0 Å². The van der Waals surface area contributed by atoms with Crippen LogP contribution in [0.4, 0.5) is 5.82 Å². The molecule has 2 aromatic rings. The van der Waals surface area contributed by atoms with E-state index >= 15 is 0 Å². The molecule has 2 N–H and O–H groups in total. The smallest absolute Gasteiger partial charge is 0.230 e. The van der Waals surface area contributed by atoms with Crippen LogP contribution >= 0.6 is 0 Å². The van der Waals surface area contributed by atoms with Crippen LogP contribution in [0.15, 0.2) is 36.4 Å². The Morgan fingerprint density at radius 2 is 1.68 bits per heavy atom. The van der Waals surface area contributed by atoms with E-state index in [0.717, 1.165) is 11.1 Å². The molecule has 0 spiro atoms. The standard InChI is InChI=1S/C21H30N4O2S/c1-14(25-28(27)21(5,6)7)16-13-17(22-19(26)20(2,3)4)23-24-18(16)15-11-9-8-10-12-15/h8-14,25H,1-7H3,(H,22,23,26)/t14?,28-/m1/s1. The molecular formula is C21H30N4O2S. The van der Waals surface area contributed by atoms with Crippen LogP contribution < -0.4 is 10.0 Å². The summed E-state index contributed by atoms with van der Waals surface area (Å²) in [6.45, 7) is 13.2. The molecule has 0 bridgehead atoms. The van der Waals surface area contributed by atoms with Gasteiger partial charge in [0.15, 0.2) is 5.82 Å². The highest BCUT2D eigenvalue weighted by Gasteiger charge is 2.30. The molecule has 0 aliphatic rings. The van der Waals surface area contributed by atoms with Crippen LogP contribution in [-0.4, -0.2) is 25.4 Å². The van der Waals surface area contributed by atoms with E-state index in [1.54, 1.807) is 6.07 Å². The van der Waals surface area contributed by atoms with Crippen molar-refractivity contribution >= 4 is 23.1 Å². The lowest BCUT2D eigenvalue weighted by atomic mass is 9.95. The fourth-order valence-electron chi connectivity index (χ4n) is 2.32. The van der Waals surface area contributed by atoms with Gasteiger partial charge in [-0.15, -0.1) is 14.9 Å². The minimum atomic E-state index is -1.25. The molecule has 0 fully saturated rings. The SMILES string of the molecule is CC(N[S@+]([O-])C(C)(C)C)c1cc(NC(=O)C(C)(C)C)nnc1-c1ccccc1. The van der Waals surface area contributed by atoms with Gasteiger partial charge in [0.05, 0.1) is 11.7 Å². The number of hydrogen-bond acceptors (Lipinski definition) is 5. The van der Waals surface area contributed by atoms with E-state index in [2.05, 4.69) is 20.2 Å². The summed E-state index contributed by atoms with van der Waals surface area (Å²) in [6.07, 6.45) is 0. The zero-order valence-corrected chi connectivity index (χ0v) is 18.5. The maximum atomic E-state index is 12.6. The predicted octanol–water partition coefficient (Wildman–Crippen LogP) is 4.24. The number of anilines is 1. The van der Waals surface area contributed by atoms with Gasteiger partial charge < -0.3 is 9.87 Å². The molecule has 2 atom stereocenters. The van der Waals surface area contributed by atoms with Gasteiger partial charge in [0.25, 0.3) is 0 Å². The van der Waals surface area contributed by atoms with Crippen LogP contribution in [0, 0.1) is 5.41 Å². The van der Waals surface area contributed by atoms with Crippen molar-refractivity contribution in [1.82, 2.24) is 14.9 Å². The minimum absolute atomic E-state index is 0.140. The summed E-state index contributed by atoms with van der Waals surface area (Å²) in [6, 6.07) is 11.3. The van der Waals surface area contributed by atoms with Crippen LogP contribution in [0.5, 0.6) is 0 Å². The van der Waals surface area contributed by atoms with Crippen molar-refractivity contribution in [2.75, 3.05) is 5.32 Å². The monoisotopic (exact) mass is 402 g/mol. The number of carbonyl (C=O) groups is 1. The van der Waals surface area contributed by atoms with Crippen molar-refractivity contribution in [3.05, 3.63) is 42.0 Å². The van der Waals surface area contributed by atoms with E-state index in [0.29, 0.717) is 11.5 Å². The molecule has 7 heteroatoms. The largest absolute Gasteiger partial charge is 0.598 e. The van der Waals surface area contributed by atoms with E-state index in [1.807, 2.05) is 78.8 Å². The molecule has 0 saturated heterocycles. The molecule has 28 heavy (non-hydrogen) atoms. The molecular weight excluding hydrogens is 372 g/mol. The van der Waals surface area contributed by atoms with Crippen molar-refractivity contribution in [2.24, 2.45) is 5.41 Å². The average Bonchev–Trinajstić information content (AvgIpc) is 2.60. The number of aromatic nitrogens is 2. The zero-order valence-electron chi connectivity index (χ0n) is 17.7. The van der Waals surface area contributed by atoms with Gasteiger partial charge in [0.1, 0.15) is 4.75 Å². The number of hydrogen-bond donors (Lipinski definition) is 2. The Labute approximate surface area is 170 Å². The lowest BCUT2D eigenvalue weighted by Gasteiger charge is -2.27. The highest BCUT2D eigenvalue weighted by molar-refractivity contribution is 7.90. The molecule has 1 aromatic heterocycles. The summed E-state index contributed by atoms with van der Waals surface area (Å²) < 4.78 is 15.3. The Hall–Kier alpha value is -1.96. The van der Waals surface area contributed by atoms with Gasteiger partial charge in [-0.25, -0.2) is 0 Å². The first-order valence-corrected chi connectivity index (χ1v) is 10.5. The zero-order chi connectivity index (χ0) is 21.1. The molecule has 1 aromatic carbocycles. The second-order valence-electron chi connectivity index (χ2n) is 8.82. The topological polar surface area (TPSA) is 90.0 Å². The first kappa shape index (κ1) is 22.3. The molecule has 0 aliphatic carbocycles. The van der Waals surface area contributed by atoms with Gasteiger partial charge in [-0.1, -0.05) is 51.1 Å². The maximum Gasteiger partial charge on any atom is 0.230 e. The summed E-state index contributed by atoms with van der Waals surface area (Å²) in [4.78, 5) is 12.3. The number of rotatable bonds is 5. The van der Waals surface area contributed by atoms with Crippen LogP contribution in [0.2, 0.25) is 0 Å². The third-order valence-corrected chi connectivity index (χ3v) is 5.78. The number of amides is 1. The highest BCUT2D eigenvalue weighted by Crippen LogP contribution is 2.29. The Balaban J connectivity index is 2.42. The Bertz CT molecular complexity index is 813. The molecule has 1 unspecified atom stereocenters. The number of carbonyl (C=O) groups excluding carboxylic acids is 1. The second-order valence-corrected chi connectivity index (χ2v) is 10.8. The fraction of sp³-hybridized carbons (Fsp3) is 0.476. The molecule has 152 valence electrons. The maximum absolute atomic E-state index is 12.6. The van der Waals surface area contributed by atoms with Crippen molar-refractivity contribution in [2.45, 2.75) is 59.3 Å². The third kappa shape index (κ3) is 5.77. The minimum Gasteiger partial charge on any atom is -0.598 e. The quantitative estimate of drug-likeness (QED) is 0.730. The predicted molar refractivity (Wildman–Crippen MR) is 115 cm³/mol. The van der Waals surface area contributed by atoms with Crippen LogP contribution in [-0.2, 0) is 16.2 Å². The van der Waals surface area contributed by atoms with Crippen LogP contribution in [0.1, 0.15) is 60.1 Å². The first-order chi connectivity index (χ1) is 12.9. The Morgan fingerprint density at radius 3 is 2.21 bits per heavy atom. The van der Waals surface area contributed by atoms with E-state index in [1.165, 1.54) is 0 Å². The van der Waals surface area contributed by atoms with Crippen molar-refractivity contribution < 1.29 is 9.35 Å². The average molecular weight is 403 g/mol. The van der Waals surface area contributed by atoms with Gasteiger partial charge in [0, 0.05) is 27.9 Å². The van der Waals surface area contributed by atoms with Crippen LogP contribution in [0.25, 0.3) is 11.3 Å². The van der Waals surface area contributed by atoms with Crippen LogP contribution in [0.3, 0.4) is 0 Å². The third-order valence-electron chi connectivity index (χ3n) is 4.10. The van der Waals surface area contributed by atoms with Gasteiger partial charge in [-0.3, -0.25) is 4.79 Å². The molecule has 6 nitrogen and oxygen atoms in total. The van der Waals surface area contributed by atoms with E-state index in [4.69, 9.17) is 0 Å². The Morgan fingerprint density at radius 1 is 1.07 bits per heavy atom. The first-order valence-electron chi connectivity index (χ1n) is 9.32. The van der Waals surface area contributed by atoms with E-state index < -0.39 is 21.5 Å². The molecule has 0 radical (unpaired) electrons. The summed E-state index contributed by atoms with van der Waals surface area (Å²) in [5, 5.41) is 11.4. The summed E-state index contributed by atoms with van der Waals surface area (Å²) in [7, 11) is 0. The number of nitrogens with zero attached hydrogens (tertiary/aromatic N) is 2. The van der Waals surface area contributed by atoms with Gasteiger partial charge in [0.2, 0.25) is 5.91 Å². The number of benzene rings is 1. The fourth-order valence-corrected chi connectivity index (χ4v) is 3.12. The lowest BCUT2D eigenvalue weighted by molar-refractivity contribution is -0.123. The molecule has 1 amide bonds. The summed E-state index contributed by atoms with van der Waals surface area (Å²) in [5.41, 5.74) is 1.88. The van der Waals surface area contributed by atoms with Crippen molar-refractivity contribution in [3.63, 3.8) is 0 Å². The lowest BCUT2D eigenvalue weighted by Crippen LogP contribution is -2.40. The van der Waals surface area contributed by atoms with Crippen molar-refractivity contribution in [1.29, 1.82) is 0 Å². The van der Waals surface area contributed by atoms with E-state index in [9.17, 15) is 9.35 Å². The van der Waals surface area contributed by atoms with E-state index in [-0.39, 0.29) is 11.9 Å². The second kappa shape index (κ2) is 8.59. The molecule has 1 heterocycles. The molecule has 0 saturated carbocycles. The van der Waals surface area contributed by atoms with Crippen molar-refractivity contribution in [3.8, 4) is 11.3 Å². The Kier molecular flexibility index (Phi) is 6.85. The number of nitrogens with one attached hydrogen (secondary N) is 2. The molecule has 2 rings (SSSR count). The normalized spacial score (nSPS) is 14.4. The summed E-state index contributed by atoms with van der Waals surface area (Å²) in [5.74, 6) is 0.240.